The van der Waals surface area contributed by atoms with Crippen LogP contribution in [0.1, 0.15) is 29.3 Å². The minimum atomic E-state index is -4.65. The fourth-order valence-corrected chi connectivity index (χ4v) is 6.08. The summed E-state index contributed by atoms with van der Waals surface area (Å²) in [6, 6.07) is 12.2. The molecule has 11 heteroatoms. The number of aryl methyl sites for hydroxylation is 2. The van der Waals surface area contributed by atoms with Gasteiger partial charge in [-0.25, -0.2) is 4.98 Å². The van der Waals surface area contributed by atoms with E-state index < -0.39 is 22.7 Å². The Bertz CT molecular complexity index is 1480. The van der Waals surface area contributed by atoms with E-state index in [0.717, 1.165) is 47.2 Å². The molecule has 1 amide bonds. The van der Waals surface area contributed by atoms with Gasteiger partial charge in [0.25, 0.3) is 5.56 Å². The highest BCUT2D eigenvalue weighted by Crippen LogP contribution is 2.36. The van der Waals surface area contributed by atoms with Crippen molar-refractivity contribution in [2.45, 2.75) is 38.0 Å². The summed E-state index contributed by atoms with van der Waals surface area (Å²) in [6.45, 7) is 3.99. The van der Waals surface area contributed by atoms with E-state index >= 15 is 0 Å². The summed E-state index contributed by atoms with van der Waals surface area (Å²) >= 11 is 8.16. The van der Waals surface area contributed by atoms with Gasteiger partial charge in [0.2, 0.25) is 5.91 Å². The molecule has 36 heavy (non-hydrogen) atoms. The number of nitrogens with zero attached hydrogens (tertiary/aromatic N) is 2. The molecule has 0 aliphatic heterocycles. The third-order valence-corrected chi connectivity index (χ3v) is 7.93. The first-order valence-electron chi connectivity index (χ1n) is 11.0. The van der Waals surface area contributed by atoms with E-state index in [0.29, 0.717) is 21.1 Å². The number of fused-ring (bicyclic) bond motifs is 1. The molecule has 0 bridgehead atoms. The fraction of sp³-hybridized carbons (Fsp3) is 0.240. The van der Waals surface area contributed by atoms with Gasteiger partial charge in [-0.05, 0) is 49.2 Å². The van der Waals surface area contributed by atoms with Crippen LogP contribution < -0.4 is 10.9 Å². The molecule has 4 rings (SSSR count). The highest BCUT2D eigenvalue weighted by molar-refractivity contribution is 7.99. The molecule has 188 valence electrons. The zero-order valence-electron chi connectivity index (χ0n) is 19.3. The van der Waals surface area contributed by atoms with Gasteiger partial charge in [0, 0.05) is 10.6 Å². The van der Waals surface area contributed by atoms with Crippen molar-refractivity contribution in [2.24, 2.45) is 0 Å². The Kier molecular flexibility index (Phi) is 7.77. The number of carbonyl (C=O) groups is 1. The van der Waals surface area contributed by atoms with Crippen LogP contribution >= 0.6 is 34.7 Å². The number of nitrogens with one attached hydrogen (secondary N) is 1. The van der Waals surface area contributed by atoms with Gasteiger partial charge >= 0.3 is 6.18 Å². The number of carbonyl (C=O) groups excluding carboxylic acids is 1. The predicted octanol–water partition coefficient (Wildman–Crippen LogP) is 7.11. The maximum absolute atomic E-state index is 13.6. The molecule has 0 fully saturated rings. The summed E-state index contributed by atoms with van der Waals surface area (Å²) in [5.41, 5.74) is 0.235. The molecule has 2 heterocycles. The van der Waals surface area contributed by atoms with Crippen LogP contribution in [0.3, 0.4) is 0 Å². The van der Waals surface area contributed by atoms with Crippen molar-refractivity contribution in [1.29, 1.82) is 0 Å². The van der Waals surface area contributed by atoms with E-state index in [2.05, 4.69) is 12.2 Å². The van der Waals surface area contributed by atoms with Crippen molar-refractivity contribution in [1.82, 2.24) is 9.55 Å². The number of alkyl halides is 3. The number of benzene rings is 2. The van der Waals surface area contributed by atoms with E-state index in [1.54, 1.807) is 24.3 Å². The third-order valence-electron chi connectivity index (χ3n) is 5.41. The molecule has 0 aliphatic rings. The number of amides is 1. The standard InChI is InChI=1S/C25H21ClF3N3O2S2/c1-3-7-19-14(2)21-22(36-19)31-24(32(23(21)34)16-8-5-4-6-9-16)35-13-20(33)30-15-10-11-18(26)17(12-15)25(27,28)29/h4-6,8-12H,3,7,13H2,1-2H3,(H,30,33). The number of hydrogen-bond acceptors (Lipinski definition) is 5. The number of anilines is 1. The van der Waals surface area contributed by atoms with Gasteiger partial charge in [-0.3, -0.25) is 14.2 Å². The second kappa shape index (κ2) is 10.7. The molecule has 2 aromatic heterocycles. The lowest BCUT2D eigenvalue weighted by Crippen LogP contribution is -2.23. The lowest BCUT2D eigenvalue weighted by Gasteiger charge is -2.13. The Morgan fingerprint density at radius 3 is 2.58 bits per heavy atom. The summed E-state index contributed by atoms with van der Waals surface area (Å²) in [5, 5.41) is 2.89. The average Bonchev–Trinajstić information content (AvgIpc) is 3.14. The van der Waals surface area contributed by atoms with E-state index in [4.69, 9.17) is 16.6 Å². The fourth-order valence-electron chi connectivity index (χ4n) is 3.72. The molecule has 0 unspecified atom stereocenters. The number of hydrogen-bond donors (Lipinski definition) is 1. The highest BCUT2D eigenvalue weighted by Gasteiger charge is 2.33. The zero-order valence-corrected chi connectivity index (χ0v) is 21.7. The Hall–Kier alpha value is -2.82. The lowest BCUT2D eigenvalue weighted by molar-refractivity contribution is -0.137. The highest BCUT2D eigenvalue weighted by atomic mass is 35.5. The first kappa shape index (κ1) is 26.2. The minimum absolute atomic E-state index is 0.0284. The summed E-state index contributed by atoms with van der Waals surface area (Å²) in [7, 11) is 0. The molecule has 1 N–H and O–H groups in total. The van der Waals surface area contributed by atoms with Crippen LogP contribution in [0.4, 0.5) is 18.9 Å². The first-order chi connectivity index (χ1) is 17.1. The first-order valence-corrected chi connectivity index (χ1v) is 13.2. The van der Waals surface area contributed by atoms with E-state index in [1.807, 2.05) is 13.0 Å². The third kappa shape index (κ3) is 5.45. The SMILES string of the molecule is CCCc1sc2nc(SCC(=O)Nc3ccc(Cl)c(C(F)(F)F)c3)n(-c3ccccc3)c(=O)c2c1C. The molecule has 0 spiro atoms. The summed E-state index contributed by atoms with van der Waals surface area (Å²) in [6.07, 6.45) is -2.88. The monoisotopic (exact) mass is 551 g/mol. The van der Waals surface area contributed by atoms with Gasteiger partial charge in [0.15, 0.2) is 5.16 Å². The van der Waals surface area contributed by atoms with E-state index in [9.17, 15) is 22.8 Å². The minimum Gasteiger partial charge on any atom is -0.325 e. The normalized spacial score (nSPS) is 11.7. The van der Waals surface area contributed by atoms with Crippen molar-refractivity contribution in [3.63, 3.8) is 0 Å². The van der Waals surface area contributed by atoms with Gasteiger partial charge in [-0.2, -0.15) is 13.2 Å². The average molecular weight is 552 g/mol. The second-order valence-corrected chi connectivity index (χ2v) is 10.4. The van der Waals surface area contributed by atoms with Gasteiger partial charge in [0.05, 0.1) is 27.4 Å². The topological polar surface area (TPSA) is 64.0 Å². The van der Waals surface area contributed by atoms with Crippen LogP contribution in [0.15, 0.2) is 58.5 Å². The van der Waals surface area contributed by atoms with Crippen LogP contribution in [-0.2, 0) is 17.4 Å². The van der Waals surface area contributed by atoms with Crippen molar-refractivity contribution in [2.75, 3.05) is 11.1 Å². The van der Waals surface area contributed by atoms with Crippen molar-refractivity contribution in [3.05, 3.63) is 79.9 Å². The van der Waals surface area contributed by atoms with Crippen molar-refractivity contribution >= 4 is 56.5 Å². The van der Waals surface area contributed by atoms with Gasteiger partial charge in [-0.15, -0.1) is 11.3 Å². The molecular weight excluding hydrogens is 531 g/mol. The summed E-state index contributed by atoms with van der Waals surface area (Å²) in [4.78, 5) is 32.6. The quantitative estimate of drug-likeness (QED) is 0.196. The zero-order chi connectivity index (χ0) is 26.0. The number of rotatable bonds is 7. The van der Waals surface area contributed by atoms with E-state index in [-0.39, 0.29) is 17.0 Å². The van der Waals surface area contributed by atoms with Crippen molar-refractivity contribution < 1.29 is 18.0 Å². The Morgan fingerprint density at radius 2 is 1.92 bits per heavy atom. The second-order valence-electron chi connectivity index (χ2n) is 7.98. The largest absolute Gasteiger partial charge is 0.417 e. The molecule has 0 atom stereocenters. The van der Waals surface area contributed by atoms with Crippen molar-refractivity contribution in [3.8, 4) is 5.69 Å². The van der Waals surface area contributed by atoms with Gasteiger partial charge < -0.3 is 5.32 Å². The van der Waals surface area contributed by atoms with Crippen LogP contribution in [-0.4, -0.2) is 21.2 Å². The molecular formula is C25H21ClF3N3O2S2. The number of aromatic nitrogens is 2. The predicted molar refractivity (Wildman–Crippen MR) is 140 cm³/mol. The van der Waals surface area contributed by atoms with Crippen LogP contribution in [0.2, 0.25) is 5.02 Å². The molecule has 0 saturated carbocycles. The van der Waals surface area contributed by atoms with Gasteiger partial charge in [0.1, 0.15) is 4.83 Å². The number of halogens is 4. The molecule has 0 aliphatic carbocycles. The van der Waals surface area contributed by atoms with E-state index in [1.165, 1.54) is 22.0 Å². The van der Waals surface area contributed by atoms with Crippen LogP contribution in [0.5, 0.6) is 0 Å². The maximum Gasteiger partial charge on any atom is 0.417 e. The smallest absolute Gasteiger partial charge is 0.325 e. The molecule has 0 saturated heterocycles. The van der Waals surface area contributed by atoms with Crippen LogP contribution in [0.25, 0.3) is 15.9 Å². The Labute approximate surface area is 218 Å². The number of thiophene rings is 1. The lowest BCUT2D eigenvalue weighted by atomic mass is 10.1. The maximum atomic E-state index is 13.6. The molecule has 0 radical (unpaired) electrons. The number of para-hydroxylation sites is 1. The molecule has 2 aromatic carbocycles. The van der Waals surface area contributed by atoms with Gasteiger partial charge in [-0.1, -0.05) is 54.9 Å². The molecule has 5 nitrogen and oxygen atoms in total. The van der Waals surface area contributed by atoms with Crippen LogP contribution in [0, 0.1) is 6.92 Å². The summed E-state index contributed by atoms with van der Waals surface area (Å²) in [5.74, 6) is -0.709. The summed E-state index contributed by atoms with van der Waals surface area (Å²) < 4.78 is 40.9. The Balaban J connectivity index is 1.66. The molecule has 4 aromatic rings. The number of thioether (sulfide) groups is 1. The Morgan fingerprint density at radius 1 is 1.19 bits per heavy atom.